The fraction of sp³-hybridized carbons (Fsp3) is 0.364. The van der Waals surface area contributed by atoms with Crippen molar-refractivity contribution in [2.75, 3.05) is 5.75 Å². The van der Waals surface area contributed by atoms with Crippen LogP contribution in [-0.2, 0) is 20.4 Å². The minimum absolute atomic E-state index is 0.110. The van der Waals surface area contributed by atoms with Gasteiger partial charge in [-0.2, -0.15) is 0 Å². The number of halogens is 1. The van der Waals surface area contributed by atoms with Crippen molar-refractivity contribution in [1.82, 2.24) is 0 Å². The first-order chi connectivity index (χ1) is 7.80. The van der Waals surface area contributed by atoms with Gasteiger partial charge in [-0.05, 0) is 40.3 Å². The van der Waals surface area contributed by atoms with E-state index in [4.69, 9.17) is 5.11 Å². The summed E-state index contributed by atoms with van der Waals surface area (Å²) in [7, 11) is -3.38. The van der Waals surface area contributed by atoms with E-state index in [0.29, 0.717) is 5.56 Å². The lowest BCUT2D eigenvalue weighted by Crippen LogP contribution is -2.22. The van der Waals surface area contributed by atoms with E-state index in [1.54, 1.807) is 18.2 Å². The molecular weight excluding hydrogens is 355 g/mol. The molecule has 0 bridgehead atoms. The fourth-order valence-electron chi connectivity index (χ4n) is 1.39. The van der Waals surface area contributed by atoms with Gasteiger partial charge in [0.2, 0.25) is 0 Å². The van der Waals surface area contributed by atoms with Crippen LogP contribution >= 0.6 is 22.6 Å². The van der Waals surface area contributed by atoms with Crippen LogP contribution in [0.25, 0.3) is 0 Å². The smallest absolute Gasteiger partial charge is 0.307 e. The zero-order valence-electron chi connectivity index (χ0n) is 9.26. The van der Waals surface area contributed by atoms with Crippen LogP contribution in [0.15, 0.2) is 24.3 Å². The topological polar surface area (TPSA) is 71.4 Å². The molecule has 0 aromatic heterocycles. The Balaban J connectivity index is 2.77. The van der Waals surface area contributed by atoms with E-state index < -0.39 is 21.7 Å². The Morgan fingerprint density at radius 2 is 2.12 bits per heavy atom. The Labute approximate surface area is 114 Å². The van der Waals surface area contributed by atoms with Gasteiger partial charge in [-0.1, -0.05) is 19.1 Å². The van der Waals surface area contributed by atoms with Crippen molar-refractivity contribution >= 4 is 38.4 Å². The first kappa shape index (κ1) is 14.4. The minimum Gasteiger partial charge on any atom is -0.481 e. The molecule has 0 fully saturated rings. The fourth-order valence-corrected chi connectivity index (χ4v) is 3.71. The molecule has 94 valence electrons. The molecule has 1 N–H and O–H groups in total. The van der Waals surface area contributed by atoms with Gasteiger partial charge >= 0.3 is 5.97 Å². The van der Waals surface area contributed by atoms with Crippen molar-refractivity contribution in [2.24, 2.45) is 5.92 Å². The highest BCUT2D eigenvalue weighted by atomic mass is 127. The maximum Gasteiger partial charge on any atom is 0.307 e. The summed E-state index contributed by atoms with van der Waals surface area (Å²) in [4.78, 5) is 10.6. The molecule has 1 aromatic carbocycles. The molecule has 6 heteroatoms. The van der Waals surface area contributed by atoms with Crippen molar-refractivity contribution in [3.8, 4) is 0 Å². The van der Waals surface area contributed by atoms with Crippen molar-refractivity contribution in [2.45, 2.75) is 12.7 Å². The van der Waals surface area contributed by atoms with Crippen molar-refractivity contribution < 1.29 is 18.3 Å². The van der Waals surface area contributed by atoms with Crippen molar-refractivity contribution in [3.63, 3.8) is 0 Å². The van der Waals surface area contributed by atoms with Gasteiger partial charge in [0.15, 0.2) is 9.84 Å². The molecule has 1 rings (SSSR count). The Morgan fingerprint density at radius 1 is 1.47 bits per heavy atom. The SMILES string of the molecule is C[C@H](CS(=O)(=O)Cc1cccc(I)c1)C(=O)O. The van der Waals surface area contributed by atoms with E-state index in [0.717, 1.165) is 3.57 Å². The van der Waals surface area contributed by atoms with Gasteiger partial charge in [0, 0.05) is 3.57 Å². The second-order valence-electron chi connectivity index (χ2n) is 3.92. The molecule has 0 aliphatic heterocycles. The van der Waals surface area contributed by atoms with Gasteiger partial charge in [0.25, 0.3) is 0 Å². The molecule has 0 amide bonds. The van der Waals surface area contributed by atoms with E-state index in [2.05, 4.69) is 22.6 Å². The van der Waals surface area contributed by atoms with E-state index in [9.17, 15) is 13.2 Å². The number of benzene rings is 1. The lowest BCUT2D eigenvalue weighted by atomic mass is 10.2. The lowest BCUT2D eigenvalue weighted by molar-refractivity contribution is -0.140. The van der Waals surface area contributed by atoms with Crippen LogP contribution in [0.1, 0.15) is 12.5 Å². The number of aliphatic carboxylic acids is 1. The first-order valence-corrected chi connectivity index (χ1v) is 7.88. The Bertz CT molecular complexity index is 510. The van der Waals surface area contributed by atoms with E-state index in [1.165, 1.54) is 6.92 Å². The third kappa shape index (κ3) is 5.03. The van der Waals surface area contributed by atoms with Gasteiger partial charge in [-0.25, -0.2) is 8.42 Å². The van der Waals surface area contributed by atoms with E-state index in [1.807, 2.05) is 6.07 Å². The van der Waals surface area contributed by atoms with Crippen LogP contribution < -0.4 is 0 Å². The maximum absolute atomic E-state index is 11.8. The second-order valence-corrected chi connectivity index (χ2v) is 7.28. The molecule has 0 unspecified atom stereocenters. The average Bonchev–Trinajstić information content (AvgIpc) is 2.15. The maximum atomic E-state index is 11.8. The number of carboxylic acids is 1. The quantitative estimate of drug-likeness (QED) is 0.807. The van der Waals surface area contributed by atoms with Crippen LogP contribution in [-0.4, -0.2) is 25.2 Å². The molecule has 17 heavy (non-hydrogen) atoms. The van der Waals surface area contributed by atoms with Crippen molar-refractivity contribution in [3.05, 3.63) is 33.4 Å². The molecule has 0 spiro atoms. The summed E-state index contributed by atoms with van der Waals surface area (Å²) in [5, 5.41) is 8.69. The number of hydrogen-bond acceptors (Lipinski definition) is 3. The molecular formula is C11H13IO4S. The second kappa shape index (κ2) is 5.81. The van der Waals surface area contributed by atoms with Crippen LogP contribution in [0.2, 0.25) is 0 Å². The lowest BCUT2D eigenvalue weighted by Gasteiger charge is -2.08. The molecule has 0 radical (unpaired) electrons. The molecule has 1 atom stereocenters. The summed E-state index contributed by atoms with van der Waals surface area (Å²) in [6, 6.07) is 7.17. The number of carboxylic acid groups (broad SMARTS) is 1. The number of rotatable bonds is 5. The summed E-state index contributed by atoms with van der Waals surface area (Å²) < 4.78 is 24.5. The monoisotopic (exact) mass is 368 g/mol. The van der Waals surface area contributed by atoms with Crippen LogP contribution in [0.5, 0.6) is 0 Å². The molecule has 0 saturated carbocycles. The summed E-state index contributed by atoms with van der Waals surface area (Å²) in [5.74, 6) is -2.39. The summed E-state index contributed by atoms with van der Waals surface area (Å²) in [6.45, 7) is 1.40. The van der Waals surface area contributed by atoms with Crippen LogP contribution in [0.4, 0.5) is 0 Å². The Kier molecular flexibility index (Phi) is 4.93. The van der Waals surface area contributed by atoms with Crippen molar-refractivity contribution in [1.29, 1.82) is 0 Å². The summed E-state index contributed by atoms with van der Waals surface area (Å²) in [5.41, 5.74) is 0.689. The zero-order valence-corrected chi connectivity index (χ0v) is 12.2. The third-order valence-electron chi connectivity index (χ3n) is 2.20. The minimum atomic E-state index is -3.38. The molecule has 1 aromatic rings. The predicted molar refractivity (Wildman–Crippen MR) is 73.4 cm³/mol. The Morgan fingerprint density at radius 3 is 2.65 bits per heavy atom. The van der Waals surface area contributed by atoms with Gasteiger partial charge < -0.3 is 5.11 Å². The third-order valence-corrected chi connectivity index (χ3v) is 4.65. The number of carbonyl (C=O) groups is 1. The highest BCUT2D eigenvalue weighted by molar-refractivity contribution is 14.1. The largest absolute Gasteiger partial charge is 0.481 e. The highest BCUT2D eigenvalue weighted by Gasteiger charge is 2.21. The van der Waals surface area contributed by atoms with Crippen LogP contribution in [0.3, 0.4) is 0 Å². The standard InChI is InChI=1S/C11H13IO4S/c1-8(11(13)14)6-17(15,16)7-9-3-2-4-10(12)5-9/h2-5,8H,6-7H2,1H3,(H,13,14)/t8-/m1/s1. The number of sulfone groups is 1. The number of hydrogen-bond donors (Lipinski definition) is 1. The van der Waals surface area contributed by atoms with E-state index in [-0.39, 0.29) is 11.5 Å². The van der Waals surface area contributed by atoms with Crippen LogP contribution in [0, 0.1) is 9.49 Å². The van der Waals surface area contributed by atoms with Gasteiger partial charge in [-0.15, -0.1) is 0 Å². The average molecular weight is 368 g/mol. The van der Waals surface area contributed by atoms with Gasteiger partial charge in [0.05, 0.1) is 17.4 Å². The Hall–Kier alpha value is -0.630. The summed E-state index contributed by atoms with van der Waals surface area (Å²) in [6.07, 6.45) is 0. The molecule has 0 heterocycles. The molecule has 0 aliphatic carbocycles. The van der Waals surface area contributed by atoms with E-state index >= 15 is 0 Å². The first-order valence-electron chi connectivity index (χ1n) is 4.98. The molecule has 4 nitrogen and oxygen atoms in total. The predicted octanol–water partition coefficient (Wildman–Crippen LogP) is 1.93. The van der Waals surface area contributed by atoms with Gasteiger partial charge in [0.1, 0.15) is 0 Å². The zero-order chi connectivity index (χ0) is 13.1. The summed E-state index contributed by atoms with van der Waals surface area (Å²) >= 11 is 2.10. The normalized spacial score (nSPS) is 13.3. The van der Waals surface area contributed by atoms with Gasteiger partial charge in [-0.3, -0.25) is 4.79 Å². The molecule has 0 saturated heterocycles. The highest BCUT2D eigenvalue weighted by Crippen LogP contribution is 2.13. The molecule has 0 aliphatic rings.